The number of carbonyl (C=O) groups excluding carboxylic acids is 2. The van der Waals surface area contributed by atoms with E-state index in [9.17, 15) is 9.59 Å². The van der Waals surface area contributed by atoms with Gasteiger partial charge in [-0.25, -0.2) is 0 Å². The fourth-order valence-corrected chi connectivity index (χ4v) is 4.00. The topological polar surface area (TPSA) is 85.9 Å². The molecule has 8 heteroatoms. The number of carbonyl (C=O) groups is 2. The summed E-state index contributed by atoms with van der Waals surface area (Å²) in [6.45, 7) is 0. The van der Waals surface area contributed by atoms with Gasteiger partial charge in [-0.2, -0.15) is 0 Å². The number of thiophene rings is 1. The van der Waals surface area contributed by atoms with E-state index in [2.05, 4.69) is 10.6 Å². The normalized spacial score (nSPS) is 19.1. The molecule has 1 fully saturated rings. The van der Waals surface area contributed by atoms with Gasteiger partial charge in [0.1, 0.15) is 0 Å². The molecule has 0 unspecified atom stereocenters. The highest BCUT2D eigenvalue weighted by atomic mass is 32.1. The summed E-state index contributed by atoms with van der Waals surface area (Å²) in [5.74, 6) is 0.976. The first-order valence-corrected chi connectivity index (χ1v) is 9.39. The van der Waals surface area contributed by atoms with E-state index in [4.69, 9.17) is 14.2 Å². The molecular weight excluding hydrogens is 368 g/mol. The van der Waals surface area contributed by atoms with E-state index in [1.54, 1.807) is 23.5 Å². The van der Waals surface area contributed by atoms with Crippen molar-refractivity contribution in [2.45, 2.75) is 24.9 Å². The minimum atomic E-state index is -0.267. The number of benzene rings is 1. The molecule has 2 atom stereocenters. The second-order valence-electron chi connectivity index (χ2n) is 6.09. The summed E-state index contributed by atoms with van der Waals surface area (Å²) in [6.07, 6.45) is 0.951. The van der Waals surface area contributed by atoms with Crippen LogP contribution < -0.4 is 24.8 Å². The summed E-state index contributed by atoms with van der Waals surface area (Å²) in [6, 6.07) is 6.67. The van der Waals surface area contributed by atoms with Gasteiger partial charge in [-0.1, -0.05) is 6.07 Å². The van der Waals surface area contributed by atoms with Crippen molar-refractivity contribution < 1.29 is 23.8 Å². The number of methoxy groups -OCH3 is 3. The van der Waals surface area contributed by atoms with Gasteiger partial charge in [-0.15, -0.1) is 11.3 Å². The average Bonchev–Trinajstić information content (AvgIpc) is 3.22. The zero-order valence-electron chi connectivity index (χ0n) is 15.4. The molecular formula is C19H22N2O5S. The van der Waals surface area contributed by atoms with Gasteiger partial charge in [0.05, 0.1) is 33.4 Å². The van der Waals surface area contributed by atoms with Gasteiger partial charge in [0.25, 0.3) is 5.91 Å². The summed E-state index contributed by atoms with van der Waals surface area (Å²) in [5.41, 5.74) is 0.395. The van der Waals surface area contributed by atoms with Gasteiger partial charge in [-0.3, -0.25) is 9.59 Å². The maximum absolute atomic E-state index is 12.9. The lowest BCUT2D eigenvalue weighted by atomic mass is 9.96. The molecule has 7 nitrogen and oxygen atoms in total. The lowest BCUT2D eigenvalue weighted by Crippen LogP contribution is -2.49. The standard InChI is InChI=1S/C19H22N2O5S/c1-24-13-9-11(10-14(25-2)18(13)26-3)19(23)20-12-6-7-16(22)21-17(12)15-5-4-8-27-15/h4-5,8-10,12,17H,6-7H2,1-3H3,(H,20,23)(H,21,22)/t12-,17-/m1/s1. The van der Waals surface area contributed by atoms with Crippen LogP contribution >= 0.6 is 11.3 Å². The van der Waals surface area contributed by atoms with E-state index >= 15 is 0 Å². The maximum atomic E-state index is 12.9. The minimum Gasteiger partial charge on any atom is -0.493 e. The van der Waals surface area contributed by atoms with Crippen molar-refractivity contribution in [3.8, 4) is 17.2 Å². The van der Waals surface area contributed by atoms with E-state index in [1.807, 2.05) is 17.5 Å². The third-order valence-electron chi connectivity index (χ3n) is 4.49. The predicted octanol–water partition coefficient (Wildman–Crippen LogP) is 2.52. The molecule has 144 valence electrons. The van der Waals surface area contributed by atoms with Gasteiger partial charge < -0.3 is 24.8 Å². The lowest BCUT2D eigenvalue weighted by Gasteiger charge is -2.32. The third-order valence-corrected chi connectivity index (χ3v) is 5.45. The van der Waals surface area contributed by atoms with Crippen molar-refractivity contribution >= 4 is 23.2 Å². The molecule has 0 radical (unpaired) electrons. The molecule has 3 rings (SSSR count). The SMILES string of the molecule is COc1cc(C(=O)N[C@@H]2CCC(=O)N[C@H]2c2cccs2)cc(OC)c1OC. The van der Waals surface area contributed by atoms with Crippen molar-refractivity contribution in [3.05, 3.63) is 40.1 Å². The summed E-state index contributed by atoms with van der Waals surface area (Å²) in [4.78, 5) is 25.7. The van der Waals surface area contributed by atoms with E-state index < -0.39 is 0 Å². The van der Waals surface area contributed by atoms with Crippen LogP contribution in [0.15, 0.2) is 29.6 Å². The van der Waals surface area contributed by atoms with Crippen LogP contribution in [-0.2, 0) is 4.79 Å². The zero-order chi connectivity index (χ0) is 19.4. The Labute approximate surface area is 161 Å². The largest absolute Gasteiger partial charge is 0.493 e. The van der Waals surface area contributed by atoms with Crippen molar-refractivity contribution in [2.75, 3.05) is 21.3 Å². The second-order valence-corrected chi connectivity index (χ2v) is 7.07. The average molecular weight is 390 g/mol. The van der Waals surface area contributed by atoms with Crippen LogP contribution in [0.25, 0.3) is 0 Å². The van der Waals surface area contributed by atoms with Crippen molar-refractivity contribution in [1.29, 1.82) is 0 Å². The zero-order valence-corrected chi connectivity index (χ0v) is 16.2. The molecule has 2 aromatic rings. The highest BCUT2D eigenvalue weighted by Gasteiger charge is 2.32. The van der Waals surface area contributed by atoms with Crippen LogP contribution in [-0.4, -0.2) is 39.2 Å². The number of ether oxygens (including phenoxy) is 3. The van der Waals surface area contributed by atoms with Crippen molar-refractivity contribution in [2.24, 2.45) is 0 Å². The molecule has 1 saturated heterocycles. The summed E-state index contributed by atoms with van der Waals surface area (Å²) in [7, 11) is 4.52. The highest BCUT2D eigenvalue weighted by molar-refractivity contribution is 7.10. The van der Waals surface area contributed by atoms with Crippen molar-refractivity contribution in [3.63, 3.8) is 0 Å². The quantitative estimate of drug-likeness (QED) is 0.792. The monoisotopic (exact) mass is 390 g/mol. The molecule has 1 aromatic heterocycles. The molecule has 0 bridgehead atoms. The van der Waals surface area contributed by atoms with Crippen LogP contribution in [0.5, 0.6) is 17.2 Å². The van der Waals surface area contributed by atoms with Gasteiger partial charge in [-0.05, 0) is 30.0 Å². The molecule has 2 amide bonds. The van der Waals surface area contributed by atoms with Crippen LogP contribution in [0.2, 0.25) is 0 Å². The predicted molar refractivity (Wildman–Crippen MR) is 102 cm³/mol. The Balaban J connectivity index is 1.84. The fraction of sp³-hybridized carbons (Fsp3) is 0.368. The Morgan fingerprint density at radius 1 is 1.19 bits per heavy atom. The van der Waals surface area contributed by atoms with Gasteiger partial charge in [0.15, 0.2) is 11.5 Å². The van der Waals surface area contributed by atoms with E-state index in [-0.39, 0.29) is 23.9 Å². The highest BCUT2D eigenvalue weighted by Crippen LogP contribution is 2.38. The summed E-state index contributed by atoms with van der Waals surface area (Å²) >= 11 is 1.55. The number of hydrogen-bond donors (Lipinski definition) is 2. The first-order valence-electron chi connectivity index (χ1n) is 8.51. The third kappa shape index (κ3) is 4.00. The Hall–Kier alpha value is -2.74. The van der Waals surface area contributed by atoms with Gasteiger partial charge in [0.2, 0.25) is 11.7 Å². The maximum Gasteiger partial charge on any atom is 0.251 e. The lowest BCUT2D eigenvalue weighted by molar-refractivity contribution is -0.123. The number of piperidine rings is 1. The number of amides is 2. The van der Waals surface area contributed by atoms with Crippen LogP contribution in [0.4, 0.5) is 0 Å². The number of hydrogen-bond acceptors (Lipinski definition) is 6. The van der Waals surface area contributed by atoms with Crippen LogP contribution in [0.1, 0.15) is 34.1 Å². The fourth-order valence-electron chi connectivity index (χ4n) is 3.16. The molecule has 1 aliphatic rings. The number of nitrogens with one attached hydrogen (secondary N) is 2. The molecule has 0 spiro atoms. The van der Waals surface area contributed by atoms with E-state index in [0.29, 0.717) is 35.7 Å². The Morgan fingerprint density at radius 3 is 2.44 bits per heavy atom. The molecule has 2 heterocycles. The van der Waals surface area contributed by atoms with Crippen molar-refractivity contribution in [1.82, 2.24) is 10.6 Å². The number of rotatable bonds is 6. The molecule has 1 aliphatic heterocycles. The smallest absolute Gasteiger partial charge is 0.251 e. The second kappa shape index (κ2) is 8.30. The van der Waals surface area contributed by atoms with E-state index in [1.165, 1.54) is 21.3 Å². The molecule has 27 heavy (non-hydrogen) atoms. The van der Waals surface area contributed by atoms with Gasteiger partial charge in [0, 0.05) is 16.9 Å². The summed E-state index contributed by atoms with van der Waals surface area (Å²) in [5, 5.41) is 7.96. The summed E-state index contributed by atoms with van der Waals surface area (Å²) < 4.78 is 15.9. The first-order chi connectivity index (χ1) is 13.1. The van der Waals surface area contributed by atoms with Crippen LogP contribution in [0, 0.1) is 0 Å². The van der Waals surface area contributed by atoms with Gasteiger partial charge >= 0.3 is 0 Å². The van der Waals surface area contributed by atoms with Crippen LogP contribution in [0.3, 0.4) is 0 Å². The molecule has 1 aromatic carbocycles. The molecule has 2 N–H and O–H groups in total. The Kier molecular flexibility index (Phi) is 5.85. The van der Waals surface area contributed by atoms with E-state index in [0.717, 1.165) is 4.88 Å². The minimum absolute atomic E-state index is 0.00770. The molecule has 0 aliphatic carbocycles. The first kappa shape index (κ1) is 19.0. The Morgan fingerprint density at radius 2 is 1.89 bits per heavy atom. The Bertz CT molecular complexity index is 797. The molecule has 0 saturated carbocycles.